The van der Waals surface area contributed by atoms with Crippen molar-refractivity contribution in [2.24, 2.45) is 5.41 Å². The zero-order chi connectivity index (χ0) is 11.6. The highest BCUT2D eigenvalue weighted by Gasteiger charge is 2.36. The van der Waals surface area contributed by atoms with E-state index in [9.17, 15) is 9.59 Å². The van der Waals surface area contributed by atoms with Crippen molar-refractivity contribution in [1.29, 1.82) is 0 Å². The normalized spacial score (nSPS) is 20.4. The van der Waals surface area contributed by atoms with Crippen LogP contribution in [0.3, 0.4) is 0 Å². The van der Waals surface area contributed by atoms with Gasteiger partial charge < -0.3 is 4.74 Å². The lowest BCUT2D eigenvalue weighted by Gasteiger charge is -2.30. The maximum atomic E-state index is 11.7. The Balaban J connectivity index is 3.03. The van der Waals surface area contributed by atoms with Crippen LogP contribution in [0.15, 0.2) is 11.1 Å². The van der Waals surface area contributed by atoms with Crippen LogP contribution in [0.4, 0.5) is 0 Å². The summed E-state index contributed by atoms with van der Waals surface area (Å²) in [6.45, 7) is 7.74. The second kappa shape index (κ2) is 4.17. The van der Waals surface area contributed by atoms with E-state index in [1.54, 1.807) is 6.92 Å². The first-order chi connectivity index (χ1) is 6.91. The van der Waals surface area contributed by atoms with E-state index in [1.807, 2.05) is 20.8 Å². The Morgan fingerprint density at radius 2 is 2.00 bits per heavy atom. The van der Waals surface area contributed by atoms with E-state index in [0.29, 0.717) is 25.0 Å². The number of ketones is 1. The minimum absolute atomic E-state index is 0.202. The highest BCUT2D eigenvalue weighted by molar-refractivity contribution is 5.97. The standard InChI is InChI=1S/C12H18O3/c1-5-15-11(14)9-6-7-10(13)12(3,4)8(9)2/h5-7H2,1-4H3. The van der Waals surface area contributed by atoms with E-state index in [0.717, 1.165) is 5.57 Å². The topological polar surface area (TPSA) is 43.4 Å². The lowest BCUT2D eigenvalue weighted by Crippen LogP contribution is -2.32. The first kappa shape index (κ1) is 12.0. The molecule has 0 aliphatic heterocycles. The van der Waals surface area contributed by atoms with E-state index >= 15 is 0 Å². The molecule has 0 fully saturated rings. The number of hydrogen-bond donors (Lipinski definition) is 0. The van der Waals surface area contributed by atoms with E-state index in [1.165, 1.54) is 0 Å². The lowest BCUT2D eigenvalue weighted by molar-refractivity contribution is -0.139. The molecule has 0 aromatic heterocycles. The monoisotopic (exact) mass is 210 g/mol. The first-order valence-corrected chi connectivity index (χ1v) is 5.32. The van der Waals surface area contributed by atoms with E-state index in [2.05, 4.69) is 0 Å². The first-order valence-electron chi connectivity index (χ1n) is 5.32. The molecule has 3 nitrogen and oxygen atoms in total. The number of ether oxygens (including phenoxy) is 1. The molecule has 0 N–H and O–H groups in total. The number of carbonyl (C=O) groups excluding carboxylic acids is 2. The van der Waals surface area contributed by atoms with Crippen molar-refractivity contribution < 1.29 is 14.3 Å². The second-order valence-electron chi connectivity index (χ2n) is 4.37. The van der Waals surface area contributed by atoms with Crippen molar-refractivity contribution in [3.05, 3.63) is 11.1 Å². The lowest BCUT2D eigenvalue weighted by atomic mass is 9.72. The molecule has 0 amide bonds. The van der Waals surface area contributed by atoms with Crippen molar-refractivity contribution in [3.63, 3.8) is 0 Å². The molecule has 0 radical (unpaired) electrons. The third-order valence-corrected chi connectivity index (χ3v) is 3.21. The molecule has 0 saturated carbocycles. The number of carbonyl (C=O) groups is 2. The zero-order valence-electron chi connectivity index (χ0n) is 9.85. The van der Waals surface area contributed by atoms with Gasteiger partial charge in [0.2, 0.25) is 0 Å². The number of hydrogen-bond acceptors (Lipinski definition) is 3. The highest BCUT2D eigenvalue weighted by Crippen LogP contribution is 2.37. The molecular formula is C12H18O3. The van der Waals surface area contributed by atoms with Gasteiger partial charge in [-0.1, -0.05) is 0 Å². The van der Waals surface area contributed by atoms with Crippen LogP contribution in [0.25, 0.3) is 0 Å². The number of Topliss-reactive ketones (excluding diaryl/α,β-unsaturated/α-hetero) is 1. The van der Waals surface area contributed by atoms with Crippen LogP contribution in [0, 0.1) is 5.41 Å². The Morgan fingerprint density at radius 1 is 1.40 bits per heavy atom. The molecular weight excluding hydrogens is 192 g/mol. The van der Waals surface area contributed by atoms with E-state index in [4.69, 9.17) is 4.74 Å². The Bertz CT molecular complexity index is 324. The molecule has 0 spiro atoms. The van der Waals surface area contributed by atoms with Gasteiger partial charge in [-0.2, -0.15) is 0 Å². The Hall–Kier alpha value is -1.12. The smallest absolute Gasteiger partial charge is 0.333 e. The summed E-state index contributed by atoms with van der Waals surface area (Å²) in [5.41, 5.74) is 1.03. The molecule has 0 heterocycles. The molecule has 1 rings (SSSR count). The molecule has 0 aromatic rings. The molecule has 0 saturated heterocycles. The predicted octanol–water partition coefficient (Wildman–Crippen LogP) is 2.26. The Morgan fingerprint density at radius 3 is 2.53 bits per heavy atom. The van der Waals surface area contributed by atoms with Gasteiger partial charge in [0.05, 0.1) is 6.61 Å². The van der Waals surface area contributed by atoms with Gasteiger partial charge in [0, 0.05) is 17.4 Å². The Kier molecular flexibility index (Phi) is 3.32. The van der Waals surface area contributed by atoms with Crippen LogP contribution < -0.4 is 0 Å². The number of allylic oxidation sites excluding steroid dienone is 1. The summed E-state index contributed by atoms with van der Waals surface area (Å²) in [6, 6.07) is 0. The van der Waals surface area contributed by atoms with Crippen molar-refractivity contribution >= 4 is 11.8 Å². The number of rotatable bonds is 2. The maximum absolute atomic E-state index is 11.7. The summed E-state index contributed by atoms with van der Waals surface area (Å²) < 4.78 is 4.97. The van der Waals surface area contributed by atoms with Gasteiger partial charge in [0.25, 0.3) is 0 Å². The summed E-state index contributed by atoms with van der Waals surface area (Å²) >= 11 is 0. The minimum Gasteiger partial charge on any atom is -0.463 e. The largest absolute Gasteiger partial charge is 0.463 e. The third-order valence-electron chi connectivity index (χ3n) is 3.21. The molecule has 0 atom stereocenters. The molecule has 0 aromatic carbocycles. The second-order valence-corrected chi connectivity index (χ2v) is 4.37. The van der Waals surface area contributed by atoms with Crippen LogP contribution in [0.5, 0.6) is 0 Å². The zero-order valence-corrected chi connectivity index (χ0v) is 9.85. The van der Waals surface area contributed by atoms with Crippen LogP contribution in [0.1, 0.15) is 40.5 Å². The van der Waals surface area contributed by atoms with Gasteiger partial charge in [-0.3, -0.25) is 4.79 Å². The maximum Gasteiger partial charge on any atom is 0.333 e. The van der Waals surface area contributed by atoms with Gasteiger partial charge >= 0.3 is 5.97 Å². The highest BCUT2D eigenvalue weighted by atomic mass is 16.5. The van der Waals surface area contributed by atoms with Gasteiger partial charge in [-0.15, -0.1) is 0 Å². The van der Waals surface area contributed by atoms with Crippen molar-refractivity contribution in [3.8, 4) is 0 Å². The minimum atomic E-state index is -0.514. The van der Waals surface area contributed by atoms with Gasteiger partial charge in [-0.05, 0) is 39.7 Å². The average molecular weight is 210 g/mol. The molecule has 15 heavy (non-hydrogen) atoms. The van der Waals surface area contributed by atoms with Crippen molar-refractivity contribution in [1.82, 2.24) is 0 Å². The summed E-state index contributed by atoms with van der Waals surface area (Å²) in [4.78, 5) is 23.3. The van der Waals surface area contributed by atoms with Crippen LogP contribution in [0.2, 0.25) is 0 Å². The Labute approximate surface area is 90.5 Å². The molecule has 0 unspecified atom stereocenters. The fraction of sp³-hybridized carbons (Fsp3) is 0.667. The van der Waals surface area contributed by atoms with Crippen LogP contribution in [-0.2, 0) is 14.3 Å². The molecule has 0 bridgehead atoms. The molecule has 1 aliphatic rings. The fourth-order valence-corrected chi connectivity index (χ4v) is 1.80. The summed E-state index contributed by atoms with van der Waals surface area (Å²) in [6.07, 6.45) is 0.964. The summed E-state index contributed by atoms with van der Waals surface area (Å²) in [5, 5.41) is 0. The quantitative estimate of drug-likeness (QED) is 0.656. The van der Waals surface area contributed by atoms with E-state index in [-0.39, 0.29) is 11.8 Å². The predicted molar refractivity (Wildman–Crippen MR) is 57.4 cm³/mol. The SMILES string of the molecule is CCOC(=O)C1=C(C)C(C)(C)C(=O)CC1. The molecule has 1 aliphatic carbocycles. The summed E-state index contributed by atoms with van der Waals surface area (Å²) in [5.74, 6) is -0.0661. The fourth-order valence-electron chi connectivity index (χ4n) is 1.80. The van der Waals surface area contributed by atoms with Gasteiger partial charge in [0.1, 0.15) is 5.78 Å². The van der Waals surface area contributed by atoms with E-state index < -0.39 is 5.41 Å². The van der Waals surface area contributed by atoms with Crippen molar-refractivity contribution in [2.45, 2.75) is 40.5 Å². The van der Waals surface area contributed by atoms with Crippen LogP contribution in [-0.4, -0.2) is 18.4 Å². The van der Waals surface area contributed by atoms with Gasteiger partial charge in [-0.25, -0.2) is 4.79 Å². The van der Waals surface area contributed by atoms with Crippen molar-refractivity contribution in [2.75, 3.05) is 6.61 Å². The van der Waals surface area contributed by atoms with Gasteiger partial charge in [0.15, 0.2) is 0 Å². The third kappa shape index (κ3) is 2.11. The van der Waals surface area contributed by atoms with Crippen LogP contribution >= 0.6 is 0 Å². The number of esters is 1. The summed E-state index contributed by atoms with van der Waals surface area (Å²) in [7, 11) is 0. The molecule has 84 valence electrons. The molecule has 3 heteroatoms. The average Bonchev–Trinajstić information content (AvgIpc) is 2.15.